The summed E-state index contributed by atoms with van der Waals surface area (Å²) in [6.07, 6.45) is 0.233. The molecule has 17 heavy (non-hydrogen) atoms. The number of hydrogen-bond acceptors (Lipinski definition) is 3. The van der Waals surface area contributed by atoms with E-state index in [0.29, 0.717) is 0 Å². The van der Waals surface area contributed by atoms with Crippen LogP contribution in [-0.2, 0) is 15.3 Å². The second-order valence-corrected chi connectivity index (χ2v) is 5.03. The number of hydrogen-bond donors (Lipinski definition) is 0. The van der Waals surface area contributed by atoms with Crippen molar-refractivity contribution < 1.29 is 18.3 Å². The molecule has 0 radical (unpaired) electrons. The Morgan fingerprint density at radius 2 is 2.00 bits per heavy atom. The van der Waals surface area contributed by atoms with Crippen molar-refractivity contribution in [2.45, 2.75) is 24.3 Å². The summed E-state index contributed by atoms with van der Waals surface area (Å²) in [5.41, 5.74) is 0.0502. The van der Waals surface area contributed by atoms with Crippen molar-refractivity contribution in [2.75, 3.05) is 7.11 Å². The van der Waals surface area contributed by atoms with Gasteiger partial charge in [0.2, 0.25) is 0 Å². The van der Waals surface area contributed by atoms with Crippen molar-refractivity contribution in [3.05, 3.63) is 35.4 Å². The molecular formula is C12H14F2O2S. The van der Waals surface area contributed by atoms with Crippen LogP contribution in [0.4, 0.5) is 8.78 Å². The van der Waals surface area contributed by atoms with Crippen LogP contribution >= 0.6 is 11.8 Å². The molecule has 1 aromatic carbocycles. The number of halogens is 2. The van der Waals surface area contributed by atoms with E-state index in [2.05, 4.69) is 4.74 Å². The van der Waals surface area contributed by atoms with Gasteiger partial charge in [0, 0.05) is 16.6 Å². The van der Waals surface area contributed by atoms with Crippen LogP contribution in [0.25, 0.3) is 0 Å². The van der Waals surface area contributed by atoms with Gasteiger partial charge >= 0.3 is 5.97 Å². The fourth-order valence-electron chi connectivity index (χ4n) is 1.27. The van der Waals surface area contributed by atoms with Gasteiger partial charge in [-0.1, -0.05) is 13.0 Å². The normalized spacial score (nSPS) is 12.2. The van der Waals surface area contributed by atoms with E-state index in [1.54, 1.807) is 0 Å². The summed E-state index contributed by atoms with van der Waals surface area (Å²) in [5, 5.41) is -0.0403. The van der Waals surface area contributed by atoms with Gasteiger partial charge < -0.3 is 4.74 Å². The molecule has 0 saturated carbocycles. The Kier molecular flexibility index (Phi) is 5.41. The Morgan fingerprint density at radius 3 is 2.53 bits per heavy atom. The smallest absolute Gasteiger partial charge is 0.306 e. The second-order valence-electron chi connectivity index (χ2n) is 3.60. The Balaban J connectivity index is 2.53. The summed E-state index contributed by atoms with van der Waals surface area (Å²) in [6.45, 7) is 1.82. The van der Waals surface area contributed by atoms with E-state index < -0.39 is 11.6 Å². The number of carbonyl (C=O) groups excluding carboxylic acids is 1. The molecule has 0 N–H and O–H groups in total. The zero-order chi connectivity index (χ0) is 12.8. The minimum absolute atomic E-state index is 0.0403. The minimum Gasteiger partial charge on any atom is -0.469 e. The average Bonchev–Trinajstić information content (AvgIpc) is 2.28. The highest BCUT2D eigenvalue weighted by molar-refractivity contribution is 7.99. The molecule has 0 heterocycles. The highest BCUT2D eigenvalue weighted by Crippen LogP contribution is 2.23. The zero-order valence-electron chi connectivity index (χ0n) is 9.70. The van der Waals surface area contributed by atoms with Gasteiger partial charge in [-0.2, -0.15) is 11.8 Å². The Bertz CT molecular complexity index is 376. The molecule has 0 spiro atoms. The van der Waals surface area contributed by atoms with Crippen molar-refractivity contribution in [1.29, 1.82) is 0 Å². The predicted octanol–water partition coefficient (Wildman–Crippen LogP) is 3.15. The molecule has 2 nitrogen and oxygen atoms in total. The molecule has 0 aliphatic rings. The van der Waals surface area contributed by atoms with Gasteiger partial charge in [0.25, 0.3) is 0 Å². The summed E-state index contributed by atoms with van der Waals surface area (Å²) >= 11 is 1.32. The molecule has 0 amide bonds. The standard InChI is InChI=1S/C12H14F2O2S/c1-8(6-12(15)16-2)17-7-9-10(13)4-3-5-11(9)14/h3-5,8H,6-7H2,1-2H3. The number of methoxy groups -OCH3 is 1. The van der Waals surface area contributed by atoms with Crippen LogP contribution < -0.4 is 0 Å². The van der Waals surface area contributed by atoms with E-state index in [1.165, 1.54) is 37.1 Å². The van der Waals surface area contributed by atoms with Crippen LogP contribution in [0.1, 0.15) is 18.9 Å². The lowest BCUT2D eigenvalue weighted by atomic mass is 10.2. The third kappa shape index (κ3) is 4.34. The highest BCUT2D eigenvalue weighted by Gasteiger charge is 2.13. The minimum atomic E-state index is -0.553. The molecule has 0 fully saturated rings. The van der Waals surface area contributed by atoms with Gasteiger partial charge in [0.1, 0.15) is 11.6 Å². The molecule has 5 heteroatoms. The maximum atomic E-state index is 13.3. The topological polar surface area (TPSA) is 26.3 Å². The third-order valence-corrected chi connectivity index (χ3v) is 3.45. The lowest BCUT2D eigenvalue weighted by Gasteiger charge is -2.10. The monoisotopic (exact) mass is 260 g/mol. The van der Waals surface area contributed by atoms with E-state index in [1.807, 2.05) is 6.92 Å². The molecule has 0 aromatic heterocycles. The Morgan fingerprint density at radius 1 is 1.41 bits per heavy atom. The first-order valence-electron chi connectivity index (χ1n) is 5.16. The van der Waals surface area contributed by atoms with E-state index in [-0.39, 0.29) is 29.0 Å². The van der Waals surface area contributed by atoms with Gasteiger partial charge in [0.15, 0.2) is 0 Å². The van der Waals surface area contributed by atoms with Crippen molar-refractivity contribution >= 4 is 17.7 Å². The van der Waals surface area contributed by atoms with E-state index in [4.69, 9.17) is 0 Å². The number of rotatable bonds is 5. The number of carbonyl (C=O) groups is 1. The van der Waals surface area contributed by atoms with Gasteiger partial charge in [-0.25, -0.2) is 8.78 Å². The lowest BCUT2D eigenvalue weighted by Crippen LogP contribution is -2.09. The van der Waals surface area contributed by atoms with Crippen molar-refractivity contribution in [3.63, 3.8) is 0 Å². The molecule has 1 aromatic rings. The third-order valence-electron chi connectivity index (χ3n) is 2.26. The molecule has 1 unspecified atom stereocenters. The first-order valence-corrected chi connectivity index (χ1v) is 6.20. The van der Waals surface area contributed by atoms with Gasteiger partial charge in [0.05, 0.1) is 13.5 Å². The van der Waals surface area contributed by atoms with Crippen molar-refractivity contribution in [1.82, 2.24) is 0 Å². The second kappa shape index (κ2) is 6.59. The fourth-order valence-corrected chi connectivity index (χ4v) is 2.25. The van der Waals surface area contributed by atoms with Gasteiger partial charge in [-0.3, -0.25) is 4.79 Å². The predicted molar refractivity (Wildman–Crippen MR) is 63.7 cm³/mol. The maximum Gasteiger partial charge on any atom is 0.306 e. The Hall–Kier alpha value is -1.10. The van der Waals surface area contributed by atoms with E-state index in [0.717, 1.165) is 0 Å². The molecule has 94 valence electrons. The van der Waals surface area contributed by atoms with Crippen LogP contribution in [0.2, 0.25) is 0 Å². The van der Waals surface area contributed by atoms with Gasteiger partial charge in [-0.15, -0.1) is 0 Å². The SMILES string of the molecule is COC(=O)CC(C)SCc1c(F)cccc1F. The van der Waals surface area contributed by atoms with Crippen LogP contribution in [0, 0.1) is 11.6 Å². The summed E-state index contributed by atoms with van der Waals surface area (Å²) in [7, 11) is 1.32. The summed E-state index contributed by atoms with van der Waals surface area (Å²) in [5.74, 6) is -1.22. The zero-order valence-corrected chi connectivity index (χ0v) is 10.5. The molecule has 0 aliphatic heterocycles. The van der Waals surface area contributed by atoms with Crippen LogP contribution in [0.3, 0.4) is 0 Å². The highest BCUT2D eigenvalue weighted by atomic mass is 32.2. The van der Waals surface area contributed by atoms with Crippen LogP contribution in [0.5, 0.6) is 0 Å². The molecule has 0 aliphatic carbocycles. The first kappa shape index (κ1) is 14.0. The lowest BCUT2D eigenvalue weighted by molar-refractivity contribution is -0.140. The molecule has 0 saturated heterocycles. The molecule has 1 rings (SSSR count). The molecular weight excluding hydrogens is 246 g/mol. The number of thioether (sulfide) groups is 1. The largest absolute Gasteiger partial charge is 0.469 e. The van der Waals surface area contributed by atoms with Crippen molar-refractivity contribution in [3.8, 4) is 0 Å². The first-order chi connectivity index (χ1) is 8.04. The average molecular weight is 260 g/mol. The maximum absolute atomic E-state index is 13.3. The van der Waals surface area contributed by atoms with Crippen molar-refractivity contribution in [2.24, 2.45) is 0 Å². The number of ether oxygens (including phenoxy) is 1. The van der Waals surface area contributed by atoms with Crippen LogP contribution in [0.15, 0.2) is 18.2 Å². The fraction of sp³-hybridized carbons (Fsp3) is 0.417. The van der Waals surface area contributed by atoms with E-state index >= 15 is 0 Å². The summed E-state index contributed by atoms with van der Waals surface area (Å²) in [4.78, 5) is 11.0. The molecule has 1 atom stereocenters. The van der Waals surface area contributed by atoms with E-state index in [9.17, 15) is 13.6 Å². The number of benzene rings is 1. The van der Waals surface area contributed by atoms with Gasteiger partial charge in [-0.05, 0) is 12.1 Å². The quantitative estimate of drug-likeness (QED) is 0.761. The van der Waals surface area contributed by atoms with Crippen LogP contribution in [-0.4, -0.2) is 18.3 Å². The summed E-state index contributed by atoms with van der Waals surface area (Å²) < 4.78 is 31.1. The Labute approximate surface area is 103 Å². The summed E-state index contributed by atoms with van der Waals surface area (Å²) in [6, 6.07) is 3.78. The number of esters is 1. The molecule has 0 bridgehead atoms.